The van der Waals surface area contributed by atoms with Gasteiger partial charge in [-0.05, 0) is 88.1 Å². The number of ether oxygens (including phenoxy) is 2. The van der Waals surface area contributed by atoms with E-state index >= 15 is 0 Å². The van der Waals surface area contributed by atoms with E-state index in [0.717, 1.165) is 24.8 Å². The minimum atomic E-state index is -4.61. The molecule has 1 aliphatic carbocycles. The Labute approximate surface area is 202 Å². The fourth-order valence-electron chi connectivity index (χ4n) is 3.89. The molecule has 0 atom stereocenters. The molecule has 6 nitrogen and oxygen atoms in total. The van der Waals surface area contributed by atoms with Crippen LogP contribution in [-0.2, 0) is 6.18 Å². The van der Waals surface area contributed by atoms with Gasteiger partial charge >= 0.3 is 6.18 Å². The van der Waals surface area contributed by atoms with Gasteiger partial charge in [-0.25, -0.2) is 4.98 Å². The topological polar surface area (TPSA) is 68.3 Å². The maximum atomic E-state index is 13.6. The molecular formula is C26H29F3N4O2. The van der Waals surface area contributed by atoms with Crippen molar-refractivity contribution in [3.63, 3.8) is 0 Å². The Morgan fingerprint density at radius 1 is 0.857 bits per heavy atom. The third-order valence-electron chi connectivity index (χ3n) is 5.55. The Kier molecular flexibility index (Phi) is 7.63. The quantitative estimate of drug-likeness (QED) is 0.344. The van der Waals surface area contributed by atoms with Crippen LogP contribution in [0.5, 0.6) is 11.5 Å². The molecule has 9 heteroatoms. The molecule has 0 unspecified atom stereocenters. The van der Waals surface area contributed by atoms with Gasteiger partial charge in [0.1, 0.15) is 22.9 Å². The van der Waals surface area contributed by atoms with Crippen LogP contribution in [0.3, 0.4) is 0 Å². The van der Waals surface area contributed by atoms with Gasteiger partial charge in [-0.1, -0.05) is 6.42 Å². The molecule has 0 saturated heterocycles. The number of rotatable bonds is 8. The number of benzene rings is 2. The first kappa shape index (κ1) is 24.6. The van der Waals surface area contributed by atoms with E-state index in [0.29, 0.717) is 17.1 Å². The zero-order valence-corrected chi connectivity index (χ0v) is 19.7. The minimum Gasteiger partial charge on any atom is -0.491 e. The molecule has 3 aromatic rings. The van der Waals surface area contributed by atoms with Crippen molar-refractivity contribution in [1.82, 2.24) is 9.97 Å². The second-order valence-electron chi connectivity index (χ2n) is 8.80. The van der Waals surface area contributed by atoms with Crippen molar-refractivity contribution in [3.8, 4) is 11.5 Å². The maximum absolute atomic E-state index is 13.6. The summed E-state index contributed by atoms with van der Waals surface area (Å²) in [7, 11) is 0. The van der Waals surface area contributed by atoms with Gasteiger partial charge < -0.3 is 20.1 Å². The summed E-state index contributed by atoms with van der Waals surface area (Å²) in [4.78, 5) is 7.97. The summed E-state index contributed by atoms with van der Waals surface area (Å²) < 4.78 is 52.3. The molecule has 186 valence electrons. The Hall–Kier alpha value is -3.49. The minimum absolute atomic E-state index is 0.00553. The van der Waals surface area contributed by atoms with Gasteiger partial charge in [-0.2, -0.15) is 18.2 Å². The highest BCUT2D eigenvalue weighted by Crippen LogP contribution is 2.35. The van der Waals surface area contributed by atoms with Crippen molar-refractivity contribution >= 4 is 23.1 Å². The van der Waals surface area contributed by atoms with Crippen molar-refractivity contribution in [2.45, 2.75) is 64.3 Å². The van der Waals surface area contributed by atoms with E-state index in [1.807, 2.05) is 26.0 Å². The van der Waals surface area contributed by atoms with Crippen LogP contribution < -0.4 is 20.1 Å². The van der Waals surface area contributed by atoms with Crippen LogP contribution >= 0.6 is 0 Å². The van der Waals surface area contributed by atoms with Gasteiger partial charge in [0, 0.05) is 17.6 Å². The zero-order valence-electron chi connectivity index (χ0n) is 19.7. The van der Waals surface area contributed by atoms with Crippen molar-refractivity contribution < 1.29 is 22.6 Å². The molecule has 1 saturated carbocycles. The summed E-state index contributed by atoms with van der Waals surface area (Å²) in [5.74, 6) is 1.09. The normalized spacial score (nSPS) is 14.6. The van der Waals surface area contributed by atoms with E-state index in [2.05, 4.69) is 20.6 Å². The highest BCUT2D eigenvalue weighted by Gasteiger charge is 2.35. The SMILES string of the molecule is CC(C)Oc1ccc(Nc2nc(Nc3ccc(OC4CCCCC4)cc3)ncc2C(F)(F)F)cc1. The van der Waals surface area contributed by atoms with Gasteiger partial charge in [0.25, 0.3) is 0 Å². The molecule has 4 rings (SSSR count). The van der Waals surface area contributed by atoms with E-state index in [1.165, 1.54) is 19.3 Å². The summed E-state index contributed by atoms with van der Waals surface area (Å²) >= 11 is 0. The van der Waals surface area contributed by atoms with E-state index in [1.54, 1.807) is 36.4 Å². The highest BCUT2D eigenvalue weighted by molar-refractivity contribution is 5.63. The lowest BCUT2D eigenvalue weighted by molar-refractivity contribution is -0.137. The van der Waals surface area contributed by atoms with Gasteiger partial charge in [-0.15, -0.1) is 0 Å². The first-order chi connectivity index (χ1) is 16.8. The summed E-state index contributed by atoms with van der Waals surface area (Å²) in [6.45, 7) is 3.79. The average molecular weight is 487 g/mol. The molecule has 0 bridgehead atoms. The largest absolute Gasteiger partial charge is 0.491 e. The van der Waals surface area contributed by atoms with Crippen LogP contribution in [0, 0.1) is 0 Å². The highest BCUT2D eigenvalue weighted by atomic mass is 19.4. The molecular weight excluding hydrogens is 457 g/mol. The number of hydrogen-bond acceptors (Lipinski definition) is 6. The van der Waals surface area contributed by atoms with Gasteiger partial charge in [0.2, 0.25) is 5.95 Å². The predicted molar refractivity (Wildman–Crippen MR) is 130 cm³/mol. The molecule has 0 spiro atoms. The Balaban J connectivity index is 1.48. The molecule has 0 aliphatic heterocycles. The maximum Gasteiger partial charge on any atom is 0.421 e. The molecule has 2 aromatic carbocycles. The predicted octanol–water partition coefficient (Wildman–Crippen LogP) is 7.48. The zero-order chi connectivity index (χ0) is 24.8. The average Bonchev–Trinajstić information content (AvgIpc) is 2.81. The Morgan fingerprint density at radius 3 is 2.06 bits per heavy atom. The third kappa shape index (κ3) is 7.00. The van der Waals surface area contributed by atoms with Crippen LogP contribution in [0.25, 0.3) is 0 Å². The fraction of sp³-hybridized carbons (Fsp3) is 0.385. The summed E-state index contributed by atoms with van der Waals surface area (Å²) in [5, 5.41) is 5.72. The Bertz CT molecular complexity index is 1100. The van der Waals surface area contributed by atoms with Crippen LogP contribution in [0.2, 0.25) is 0 Å². The van der Waals surface area contributed by atoms with Crippen molar-refractivity contribution in [2.24, 2.45) is 0 Å². The summed E-state index contributed by atoms with van der Waals surface area (Å²) in [6, 6.07) is 13.9. The van der Waals surface area contributed by atoms with Crippen LogP contribution in [-0.4, -0.2) is 22.2 Å². The van der Waals surface area contributed by atoms with Crippen LogP contribution in [0.1, 0.15) is 51.5 Å². The standard InChI is InChI=1S/C26H29F3N4O2/c1-17(2)34-21-12-8-18(9-13-21)31-24-23(26(27,28)29)16-30-25(33-24)32-19-10-14-22(15-11-19)35-20-6-4-3-5-7-20/h8-17,20H,3-7H2,1-2H3,(H2,30,31,32,33). The van der Waals surface area contributed by atoms with E-state index in [4.69, 9.17) is 9.47 Å². The molecule has 1 aliphatic rings. The van der Waals surface area contributed by atoms with Crippen molar-refractivity contribution in [3.05, 3.63) is 60.3 Å². The molecule has 35 heavy (non-hydrogen) atoms. The number of aromatic nitrogens is 2. The monoisotopic (exact) mass is 486 g/mol. The lowest BCUT2D eigenvalue weighted by Gasteiger charge is -2.23. The number of nitrogens with zero attached hydrogens (tertiary/aromatic N) is 2. The lowest BCUT2D eigenvalue weighted by atomic mass is 9.98. The third-order valence-corrected chi connectivity index (χ3v) is 5.55. The summed E-state index contributed by atoms with van der Waals surface area (Å²) in [6.07, 6.45) is 2.13. The Morgan fingerprint density at radius 2 is 1.46 bits per heavy atom. The first-order valence-electron chi connectivity index (χ1n) is 11.8. The molecule has 0 radical (unpaired) electrons. The summed E-state index contributed by atoms with van der Waals surface area (Å²) in [5.41, 5.74) is 0.129. The van der Waals surface area contributed by atoms with E-state index in [9.17, 15) is 13.2 Å². The van der Waals surface area contributed by atoms with Crippen molar-refractivity contribution in [2.75, 3.05) is 10.6 Å². The number of nitrogens with one attached hydrogen (secondary N) is 2. The molecule has 2 N–H and O–H groups in total. The number of alkyl halides is 3. The number of hydrogen-bond donors (Lipinski definition) is 2. The second kappa shape index (κ2) is 10.8. The molecule has 0 amide bonds. The van der Waals surface area contributed by atoms with Gasteiger partial charge in [0.15, 0.2) is 0 Å². The van der Waals surface area contributed by atoms with Gasteiger partial charge in [-0.3, -0.25) is 0 Å². The second-order valence-corrected chi connectivity index (χ2v) is 8.80. The molecule has 1 aromatic heterocycles. The van der Waals surface area contributed by atoms with E-state index in [-0.39, 0.29) is 24.0 Å². The van der Waals surface area contributed by atoms with Gasteiger partial charge in [0.05, 0.1) is 12.2 Å². The molecule has 1 fully saturated rings. The first-order valence-corrected chi connectivity index (χ1v) is 11.8. The van der Waals surface area contributed by atoms with Crippen molar-refractivity contribution in [1.29, 1.82) is 0 Å². The molecule has 1 heterocycles. The smallest absolute Gasteiger partial charge is 0.421 e. The van der Waals surface area contributed by atoms with Crippen LogP contribution in [0.15, 0.2) is 54.7 Å². The lowest BCUT2D eigenvalue weighted by Crippen LogP contribution is -2.19. The number of anilines is 4. The van der Waals surface area contributed by atoms with Crippen LogP contribution in [0.4, 0.5) is 36.3 Å². The number of halogens is 3. The fourth-order valence-corrected chi connectivity index (χ4v) is 3.89. The van der Waals surface area contributed by atoms with E-state index < -0.39 is 11.7 Å².